The fourth-order valence-corrected chi connectivity index (χ4v) is 8.70. The van der Waals surface area contributed by atoms with Crippen molar-refractivity contribution < 1.29 is 9.59 Å². The predicted molar refractivity (Wildman–Crippen MR) is 90.9 cm³/mol. The number of nitriles is 1. The number of hydrogen-bond acceptors (Lipinski definition) is 5. The van der Waals surface area contributed by atoms with Crippen molar-refractivity contribution in [1.29, 1.82) is 5.26 Å². The van der Waals surface area contributed by atoms with Crippen LogP contribution in [0.5, 0.6) is 0 Å². The zero-order valence-electron chi connectivity index (χ0n) is 12.9. The van der Waals surface area contributed by atoms with Crippen LogP contribution in [0, 0.1) is 16.7 Å². The van der Waals surface area contributed by atoms with Gasteiger partial charge in [-0.15, -0.1) is 11.3 Å². The van der Waals surface area contributed by atoms with Gasteiger partial charge in [0.2, 0.25) is 0 Å². The smallest absolute Gasteiger partial charge is 0.261 e. The van der Waals surface area contributed by atoms with Crippen molar-refractivity contribution >= 4 is 43.8 Å². The van der Waals surface area contributed by atoms with Gasteiger partial charge in [-0.25, -0.2) is 0 Å². The number of carbonyl (C=O) groups excluding carboxylic acids is 2. The first kappa shape index (κ1) is 15.2. The van der Waals surface area contributed by atoms with E-state index in [2.05, 4.69) is 6.07 Å². The highest BCUT2D eigenvalue weighted by Crippen LogP contribution is 2.65. The van der Waals surface area contributed by atoms with Crippen LogP contribution < -0.4 is 0 Å². The second kappa shape index (κ2) is 4.21. The molecule has 3 aliphatic heterocycles. The molecule has 3 fully saturated rings. The van der Waals surface area contributed by atoms with E-state index in [0.717, 1.165) is 4.88 Å². The highest BCUT2D eigenvalue weighted by atomic mass is 32.8. The number of hydrogen-bond donors (Lipinski definition) is 0. The first-order valence-electron chi connectivity index (χ1n) is 7.24. The third-order valence-corrected chi connectivity index (χ3v) is 10.5. The van der Waals surface area contributed by atoms with E-state index in [9.17, 15) is 14.9 Å². The molecular weight excluding hydrogens is 350 g/mol. The number of amides is 2. The van der Waals surface area contributed by atoms with Gasteiger partial charge in [-0.3, -0.25) is 9.59 Å². The van der Waals surface area contributed by atoms with Crippen LogP contribution in [0.25, 0.3) is 0 Å². The second-order valence-electron chi connectivity index (χ2n) is 6.70. The number of likely N-dealkylation sites (N-methyl/N-ethyl adjacent to an activating group) is 1. The van der Waals surface area contributed by atoms with Crippen molar-refractivity contribution in [3.63, 3.8) is 0 Å². The molecule has 0 aliphatic carbocycles. The third kappa shape index (κ3) is 1.37. The Bertz CT molecular complexity index is 816. The van der Waals surface area contributed by atoms with Crippen molar-refractivity contribution in [3.05, 3.63) is 22.4 Å². The first-order valence-corrected chi connectivity index (χ1v) is 10.3. The number of thiophene rings is 1. The van der Waals surface area contributed by atoms with Crippen LogP contribution in [0.2, 0.25) is 0 Å². The molecule has 1 aromatic rings. The van der Waals surface area contributed by atoms with Crippen molar-refractivity contribution in [2.45, 2.75) is 36.1 Å². The summed E-state index contributed by atoms with van der Waals surface area (Å²) in [7, 11) is 0.779. The average molecular weight is 366 g/mol. The molecule has 1 spiro atoms. The molecule has 1 unspecified atom stereocenters. The molecule has 120 valence electrons. The van der Waals surface area contributed by atoms with Crippen molar-refractivity contribution in [1.82, 2.24) is 9.80 Å². The van der Waals surface area contributed by atoms with E-state index in [4.69, 9.17) is 11.2 Å². The maximum atomic E-state index is 13.2. The summed E-state index contributed by atoms with van der Waals surface area (Å²) in [6, 6.07) is 5.81. The Balaban J connectivity index is 2.00. The van der Waals surface area contributed by atoms with Gasteiger partial charge in [0, 0.05) is 18.3 Å². The molecule has 0 aromatic carbocycles. The molecule has 23 heavy (non-hydrogen) atoms. The van der Waals surface area contributed by atoms with Gasteiger partial charge in [-0.05, 0) is 36.5 Å². The Labute approximate surface area is 145 Å². The van der Waals surface area contributed by atoms with Crippen LogP contribution >= 0.6 is 11.3 Å². The lowest BCUT2D eigenvalue weighted by Gasteiger charge is -2.39. The molecule has 0 saturated carbocycles. The van der Waals surface area contributed by atoms with Crippen molar-refractivity contribution in [2.24, 2.45) is 5.41 Å². The predicted octanol–water partition coefficient (Wildman–Crippen LogP) is 1.53. The van der Waals surface area contributed by atoms with Crippen LogP contribution in [-0.4, -0.2) is 38.4 Å². The molecule has 8 heteroatoms. The third-order valence-electron chi connectivity index (χ3n) is 5.49. The Morgan fingerprint density at radius 3 is 2.70 bits per heavy atom. The number of carbonyl (C=O) groups is 2. The van der Waals surface area contributed by atoms with Crippen molar-refractivity contribution in [3.8, 4) is 6.07 Å². The van der Waals surface area contributed by atoms with E-state index in [0.29, 0.717) is 6.42 Å². The maximum absolute atomic E-state index is 13.2. The van der Waals surface area contributed by atoms with E-state index in [-0.39, 0.29) is 11.8 Å². The van der Waals surface area contributed by atoms with Gasteiger partial charge in [-0.1, -0.05) is 15.5 Å². The average Bonchev–Trinajstić information content (AvgIpc) is 3.20. The topological polar surface area (TPSA) is 64.4 Å². The zero-order valence-corrected chi connectivity index (χ0v) is 15.3. The van der Waals surface area contributed by atoms with Gasteiger partial charge in [0.15, 0.2) is 9.74 Å². The van der Waals surface area contributed by atoms with Gasteiger partial charge in [0.1, 0.15) is 0 Å². The SMILES string of the molecule is CN1C(=O)[C@@]23C[C@](C)(C#N)[C@H](c4cccs4)N2C(=O)[C@]1(C)S3=S. The Morgan fingerprint density at radius 2 is 2.13 bits per heavy atom. The standard InChI is InChI=1S/C15H15N3O2S3/c1-13(8-16)7-15-12(20)17(3)14(2,23(15)21)11(19)18(15)10(13)9-5-4-6-22-9/h4-6,10H,7H2,1-3H3/t10-,13+,14-,15-,23?/m0/s1. The minimum Gasteiger partial charge on any atom is -0.320 e. The van der Waals surface area contributed by atoms with E-state index in [1.807, 2.05) is 24.4 Å². The molecule has 0 N–H and O–H groups in total. The van der Waals surface area contributed by atoms with E-state index >= 15 is 0 Å². The highest BCUT2D eigenvalue weighted by molar-refractivity contribution is 8.31. The normalized spacial score (nSPS) is 44.8. The summed E-state index contributed by atoms with van der Waals surface area (Å²) >= 11 is 7.23. The summed E-state index contributed by atoms with van der Waals surface area (Å²) in [5.41, 5.74) is -0.813. The lowest BCUT2D eigenvalue weighted by Crippen LogP contribution is -2.60. The van der Waals surface area contributed by atoms with E-state index in [1.165, 1.54) is 16.2 Å². The van der Waals surface area contributed by atoms with Gasteiger partial charge in [0.05, 0.1) is 17.5 Å². The van der Waals surface area contributed by atoms with Crippen molar-refractivity contribution in [2.75, 3.05) is 7.05 Å². The molecule has 4 heterocycles. The summed E-state index contributed by atoms with van der Waals surface area (Å²) in [5.74, 6) is -0.228. The van der Waals surface area contributed by atoms with Crippen LogP contribution in [0.1, 0.15) is 31.2 Å². The van der Waals surface area contributed by atoms with Gasteiger partial charge >= 0.3 is 0 Å². The Morgan fingerprint density at radius 1 is 1.43 bits per heavy atom. The molecule has 3 aliphatic rings. The lowest BCUT2D eigenvalue weighted by molar-refractivity contribution is -0.159. The Kier molecular flexibility index (Phi) is 2.79. The maximum Gasteiger partial charge on any atom is 0.261 e. The summed E-state index contributed by atoms with van der Waals surface area (Å²) < 4.78 is 0. The van der Waals surface area contributed by atoms with Gasteiger partial charge in [0.25, 0.3) is 11.8 Å². The lowest BCUT2D eigenvalue weighted by atomic mass is 9.82. The first-order chi connectivity index (χ1) is 10.7. The highest BCUT2D eigenvalue weighted by Gasteiger charge is 2.80. The summed E-state index contributed by atoms with van der Waals surface area (Å²) in [6.45, 7) is 3.61. The molecule has 2 bridgehead atoms. The molecule has 4 rings (SSSR count). The van der Waals surface area contributed by atoms with Gasteiger partial charge in [-0.2, -0.15) is 5.26 Å². The largest absolute Gasteiger partial charge is 0.320 e. The monoisotopic (exact) mass is 365 g/mol. The van der Waals surface area contributed by atoms with Crippen LogP contribution in [0.3, 0.4) is 0 Å². The zero-order chi connectivity index (χ0) is 16.8. The fraction of sp³-hybridized carbons (Fsp3) is 0.533. The van der Waals surface area contributed by atoms with E-state index < -0.39 is 30.7 Å². The number of fused-ring (bicyclic) bond motifs is 1. The molecule has 5 atom stereocenters. The molecular formula is C15H15N3O2S3. The molecule has 3 saturated heterocycles. The number of nitrogens with zero attached hydrogens (tertiary/aromatic N) is 3. The fourth-order valence-electron chi connectivity index (χ4n) is 4.21. The summed E-state index contributed by atoms with van der Waals surface area (Å²) in [5, 5.41) is 11.8. The summed E-state index contributed by atoms with van der Waals surface area (Å²) in [6.07, 6.45) is 0.316. The Hall–Kier alpha value is -1.30. The summed E-state index contributed by atoms with van der Waals surface area (Å²) in [4.78, 5) is 28.4. The molecule has 1 aromatic heterocycles. The second-order valence-corrected chi connectivity index (χ2v) is 10.7. The van der Waals surface area contributed by atoms with Crippen LogP contribution in [0.15, 0.2) is 17.5 Å². The number of rotatable bonds is 1. The molecule has 0 radical (unpaired) electrons. The van der Waals surface area contributed by atoms with Crippen LogP contribution in [0.4, 0.5) is 0 Å². The van der Waals surface area contributed by atoms with Gasteiger partial charge < -0.3 is 9.80 Å². The molecule has 5 nitrogen and oxygen atoms in total. The van der Waals surface area contributed by atoms with E-state index in [1.54, 1.807) is 18.9 Å². The van der Waals surface area contributed by atoms with Crippen LogP contribution in [-0.2, 0) is 30.2 Å². The minimum absolute atomic E-state index is 0.113. The quantitative estimate of drug-likeness (QED) is 0.757. The minimum atomic E-state index is -1.03. The number of piperazine rings is 1. The molecule has 2 amide bonds.